The Bertz CT molecular complexity index is 738. The Hall–Kier alpha value is -2.21. The van der Waals surface area contributed by atoms with Gasteiger partial charge in [-0.05, 0) is 37.2 Å². The van der Waals surface area contributed by atoms with Crippen molar-refractivity contribution < 1.29 is 14.1 Å². The summed E-state index contributed by atoms with van der Waals surface area (Å²) >= 11 is 0. The fourth-order valence-corrected chi connectivity index (χ4v) is 4.11. The van der Waals surface area contributed by atoms with Gasteiger partial charge in [-0.15, -0.1) is 0 Å². The van der Waals surface area contributed by atoms with Crippen molar-refractivity contribution in [2.24, 2.45) is 5.92 Å². The molecule has 1 aliphatic carbocycles. The van der Waals surface area contributed by atoms with Crippen LogP contribution in [0.1, 0.15) is 55.0 Å². The maximum atomic E-state index is 13.0. The van der Waals surface area contributed by atoms with Gasteiger partial charge in [0.05, 0.1) is 13.2 Å². The van der Waals surface area contributed by atoms with Crippen molar-refractivity contribution in [3.05, 3.63) is 47.6 Å². The van der Waals surface area contributed by atoms with E-state index in [9.17, 15) is 4.79 Å². The lowest BCUT2D eigenvalue weighted by Gasteiger charge is -2.36. The molecule has 1 aliphatic heterocycles. The number of carbonyl (C=O) groups is 1. The average Bonchev–Trinajstić information content (AvgIpc) is 3.15. The highest BCUT2D eigenvalue weighted by atomic mass is 16.5. The molecule has 0 spiro atoms. The lowest BCUT2D eigenvalue weighted by molar-refractivity contribution is -0.144. The van der Waals surface area contributed by atoms with Crippen molar-refractivity contribution in [2.75, 3.05) is 19.7 Å². The second-order valence-electron chi connectivity index (χ2n) is 7.27. The molecule has 1 aromatic heterocycles. The molecule has 2 heterocycles. The molecule has 2 aliphatic rings. The first-order valence-electron chi connectivity index (χ1n) is 9.46. The van der Waals surface area contributed by atoms with Crippen molar-refractivity contribution in [1.29, 1.82) is 0 Å². The molecule has 1 aromatic carbocycles. The minimum atomic E-state index is -0.286. The molecule has 0 N–H and O–H groups in total. The Labute approximate surface area is 153 Å². The van der Waals surface area contributed by atoms with Crippen LogP contribution in [0.15, 0.2) is 34.9 Å². The Morgan fingerprint density at radius 3 is 2.62 bits per heavy atom. The van der Waals surface area contributed by atoms with Gasteiger partial charge in [0.15, 0.2) is 0 Å². The van der Waals surface area contributed by atoms with Crippen molar-refractivity contribution in [3.63, 3.8) is 0 Å². The number of aryl methyl sites for hydroxylation is 1. The normalized spacial score (nSPS) is 26.7. The zero-order chi connectivity index (χ0) is 17.9. The maximum Gasteiger partial charge on any atom is 0.225 e. The largest absolute Gasteiger partial charge is 0.366 e. The van der Waals surface area contributed by atoms with Crippen LogP contribution in [0.4, 0.5) is 0 Å². The number of carbonyl (C=O) groups excluding carboxylic acids is 1. The topological polar surface area (TPSA) is 68.5 Å². The van der Waals surface area contributed by atoms with E-state index in [4.69, 9.17) is 9.26 Å². The maximum absolute atomic E-state index is 13.0. The summed E-state index contributed by atoms with van der Waals surface area (Å²) in [4.78, 5) is 19.2. The highest BCUT2D eigenvalue weighted by Crippen LogP contribution is 2.36. The molecule has 2 aromatic rings. The summed E-state index contributed by atoms with van der Waals surface area (Å²) in [5, 5.41) is 3.94. The van der Waals surface area contributed by atoms with Gasteiger partial charge in [-0.25, -0.2) is 0 Å². The van der Waals surface area contributed by atoms with E-state index in [-0.39, 0.29) is 17.9 Å². The SMILES string of the molecule is Cc1nc([C@@H]2CN(C(=O)C3CCC(c4ccccc4)CC3)CCO2)no1. The first kappa shape index (κ1) is 17.2. The van der Waals surface area contributed by atoms with Gasteiger partial charge in [0.1, 0.15) is 6.10 Å². The molecule has 6 nitrogen and oxygen atoms in total. The molecule has 0 unspecified atom stereocenters. The van der Waals surface area contributed by atoms with Crippen LogP contribution in [0.5, 0.6) is 0 Å². The highest BCUT2D eigenvalue weighted by molar-refractivity contribution is 5.79. The van der Waals surface area contributed by atoms with Crippen LogP contribution in [0.3, 0.4) is 0 Å². The molecule has 4 rings (SSSR count). The van der Waals surface area contributed by atoms with E-state index in [1.807, 2.05) is 4.90 Å². The fourth-order valence-electron chi connectivity index (χ4n) is 4.11. The molecule has 6 heteroatoms. The summed E-state index contributed by atoms with van der Waals surface area (Å²) in [7, 11) is 0. The third-order valence-electron chi connectivity index (χ3n) is 5.56. The average molecular weight is 355 g/mol. The predicted octanol–water partition coefficient (Wildman–Crippen LogP) is 3.25. The third kappa shape index (κ3) is 3.65. The lowest BCUT2D eigenvalue weighted by Crippen LogP contribution is -2.45. The second-order valence-corrected chi connectivity index (χ2v) is 7.27. The first-order valence-corrected chi connectivity index (χ1v) is 9.46. The van der Waals surface area contributed by atoms with E-state index in [0.717, 1.165) is 25.7 Å². The predicted molar refractivity (Wildman–Crippen MR) is 95.4 cm³/mol. The summed E-state index contributed by atoms with van der Waals surface area (Å²) in [6, 6.07) is 10.7. The summed E-state index contributed by atoms with van der Waals surface area (Å²) in [6.45, 7) is 3.43. The minimum Gasteiger partial charge on any atom is -0.366 e. The van der Waals surface area contributed by atoms with E-state index in [2.05, 4.69) is 40.5 Å². The van der Waals surface area contributed by atoms with Gasteiger partial charge < -0.3 is 14.2 Å². The van der Waals surface area contributed by atoms with Crippen LogP contribution in [0.25, 0.3) is 0 Å². The molecule has 1 saturated heterocycles. The van der Waals surface area contributed by atoms with Crippen molar-refractivity contribution >= 4 is 5.91 Å². The minimum absolute atomic E-state index is 0.126. The van der Waals surface area contributed by atoms with Crippen LogP contribution in [0.2, 0.25) is 0 Å². The zero-order valence-corrected chi connectivity index (χ0v) is 15.1. The molecule has 1 amide bonds. The summed E-state index contributed by atoms with van der Waals surface area (Å²) in [5.74, 6) is 2.02. The van der Waals surface area contributed by atoms with E-state index < -0.39 is 0 Å². The molecular weight excluding hydrogens is 330 g/mol. The van der Waals surface area contributed by atoms with Gasteiger partial charge in [-0.3, -0.25) is 4.79 Å². The van der Waals surface area contributed by atoms with Crippen LogP contribution in [-0.2, 0) is 9.53 Å². The number of rotatable bonds is 3. The number of nitrogens with zero attached hydrogens (tertiary/aromatic N) is 3. The van der Waals surface area contributed by atoms with Gasteiger partial charge in [0.25, 0.3) is 0 Å². The van der Waals surface area contributed by atoms with Crippen molar-refractivity contribution in [2.45, 2.75) is 44.6 Å². The number of ether oxygens (including phenoxy) is 1. The second kappa shape index (κ2) is 7.58. The Morgan fingerprint density at radius 2 is 1.92 bits per heavy atom. The number of benzene rings is 1. The number of amides is 1. The summed E-state index contributed by atoms with van der Waals surface area (Å²) < 4.78 is 10.8. The molecule has 26 heavy (non-hydrogen) atoms. The van der Waals surface area contributed by atoms with E-state index in [1.165, 1.54) is 5.56 Å². The lowest BCUT2D eigenvalue weighted by atomic mass is 9.78. The number of aromatic nitrogens is 2. The Morgan fingerprint density at radius 1 is 1.15 bits per heavy atom. The van der Waals surface area contributed by atoms with E-state index in [0.29, 0.717) is 37.3 Å². The standard InChI is InChI=1S/C20H25N3O3/c1-14-21-19(22-26-14)18-13-23(11-12-25-18)20(24)17-9-7-16(8-10-17)15-5-3-2-4-6-15/h2-6,16-18H,7-13H2,1H3/t16?,17?,18-/m0/s1. The van der Waals surface area contributed by atoms with E-state index >= 15 is 0 Å². The zero-order valence-electron chi connectivity index (χ0n) is 15.1. The number of morpholine rings is 1. The summed E-state index contributed by atoms with van der Waals surface area (Å²) in [5.41, 5.74) is 1.40. The van der Waals surface area contributed by atoms with Crippen LogP contribution >= 0.6 is 0 Å². The Kier molecular flexibility index (Phi) is 5.02. The van der Waals surface area contributed by atoms with Crippen LogP contribution < -0.4 is 0 Å². The monoisotopic (exact) mass is 355 g/mol. The summed E-state index contributed by atoms with van der Waals surface area (Å²) in [6.07, 6.45) is 3.80. The Balaban J connectivity index is 1.34. The van der Waals surface area contributed by atoms with Gasteiger partial charge in [0.2, 0.25) is 17.6 Å². The molecule has 0 radical (unpaired) electrons. The molecule has 2 fully saturated rings. The molecule has 1 atom stereocenters. The van der Waals surface area contributed by atoms with Crippen molar-refractivity contribution in [3.8, 4) is 0 Å². The molecule has 0 bridgehead atoms. The molecule has 138 valence electrons. The number of hydrogen-bond acceptors (Lipinski definition) is 5. The van der Waals surface area contributed by atoms with Gasteiger partial charge in [0, 0.05) is 19.4 Å². The van der Waals surface area contributed by atoms with Crippen LogP contribution in [-0.4, -0.2) is 40.6 Å². The van der Waals surface area contributed by atoms with Crippen LogP contribution in [0, 0.1) is 12.8 Å². The number of hydrogen-bond donors (Lipinski definition) is 0. The quantitative estimate of drug-likeness (QED) is 0.845. The van der Waals surface area contributed by atoms with E-state index in [1.54, 1.807) is 6.92 Å². The fraction of sp³-hybridized carbons (Fsp3) is 0.550. The molecular formula is C20H25N3O3. The van der Waals surface area contributed by atoms with Gasteiger partial charge in [-0.1, -0.05) is 35.5 Å². The first-order chi connectivity index (χ1) is 12.7. The third-order valence-corrected chi connectivity index (χ3v) is 5.56. The molecule has 1 saturated carbocycles. The highest BCUT2D eigenvalue weighted by Gasteiger charge is 2.34. The van der Waals surface area contributed by atoms with Gasteiger partial charge >= 0.3 is 0 Å². The van der Waals surface area contributed by atoms with Crippen molar-refractivity contribution in [1.82, 2.24) is 15.0 Å². The smallest absolute Gasteiger partial charge is 0.225 e. The van der Waals surface area contributed by atoms with Gasteiger partial charge in [-0.2, -0.15) is 4.98 Å².